The molecule has 0 saturated carbocycles. The van der Waals surface area contributed by atoms with Gasteiger partial charge in [-0.1, -0.05) is 31.2 Å². The molecule has 1 amide bonds. The predicted octanol–water partition coefficient (Wildman–Crippen LogP) is 2.89. The summed E-state index contributed by atoms with van der Waals surface area (Å²) < 4.78 is 0. The SMILES string of the molecule is CC(CC(=O)Nc1cccc(CO)c1)c1ccc(N)cc1. The molecule has 2 aromatic carbocycles. The highest BCUT2D eigenvalue weighted by atomic mass is 16.3. The number of carbonyl (C=O) groups is 1. The van der Waals surface area contributed by atoms with Crippen LogP contribution in [0.2, 0.25) is 0 Å². The highest BCUT2D eigenvalue weighted by Gasteiger charge is 2.11. The number of rotatable bonds is 5. The summed E-state index contributed by atoms with van der Waals surface area (Å²) in [7, 11) is 0. The van der Waals surface area contributed by atoms with E-state index in [2.05, 4.69) is 5.32 Å². The van der Waals surface area contributed by atoms with Gasteiger partial charge in [0.25, 0.3) is 0 Å². The Kier molecular flexibility index (Phi) is 4.95. The van der Waals surface area contributed by atoms with Crippen LogP contribution >= 0.6 is 0 Å². The van der Waals surface area contributed by atoms with Gasteiger partial charge < -0.3 is 16.2 Å². The van der Waals surface area contributed by atoms with E-state index in [1.54, 1.807) is 6.07 Å². The molecule has 1 unspecified atom stereocenters. The van der Waals surface area contributed by atoms with Crippen LogP contribution in [0.15, 0.2) is 48.5 Å². The molecule has 0 saturated heterocycles. The topological polar surface area (TPSA) is 75.3 Å². The van der Waals surface area contributed by atoms with Crippen molar-refractivity contribution in [3.63, 3.8) is 0 Å². The minimum Gasteiger partial charge on any atom is -0.399 e. The van der Waals surface area contributed by atoms with Gasteiger partial charge in [0.2, 0.25) is 5.91 Å². The van der Waals surface area contributed by atoms with Gasteiger partial charge in [0.05, 0.1) is 6.61 Å². The third kappa shape index (κ3) is 4.33. The maximum Gasteiger partial charge on any atom is 0.224 e. The number of anilines is 2. The highest BCUT2D eigenvalue weighted by molar-refractivity contribution is 5.91. The zero-order valence-corrected chi connectivity index (χ0v) is 12.0. The predicted molar refractivity (Wildman–Crippen MR) is 84.9 cm³/mol. The Morgan fingerprint density at radius 3 is 2.62 bits per heavy atom. The molecule has 0 aromatic heterocycles. The van der Waals surface area contributed by atoms with Crippen molar-refractivity contribution < 1.29 is 9.90 Å². The van der Waals surface area contributed by atoms with Gasteiger partial charge in [0, 0.05) is 17.8 Å². The van der Waals surface area contributed by atoms with E-state index in [1.165, 1.54) is 0 Å². The molecule has 0 bridgehead atoms. The van der Waals surface area contributed by atoms with Crippen LogP contribution in [0.25, 0.3) is 0 Å². The Morgan fingerprint density at radius 1 is 1.24 bits per heavy atom. The van der Waals surface area contributed by atoms with Gasteiger partial charge in [-0.05, 0) is 41.3 Å². The molecular weight excluding hydrogens is 264 g/mol. The number of amides is 1. The molecule has 0 spiro atoms. The van der Waals surface area contributed by atoms with Crippen LogP contribution in [0, 0.1) is 0 Å². The average molecular weight is 284 g/mol. The second-order valence-electron chi connectivity index (χ2n) is 5.18. The molecule has 0 fully saturated rings. The molecule has 21 heavy (non-hydrogen) atoms. The van der Waals surface area contributed by atoms with Crippen molar-refractivity contribution in [2.45, 2.75) is 25.9 Å². The molecule has 4 heteroatoms. The van der Waals surface area contributed by atoms with Crippen LogP contribution in [-0.2, 0) is 11.4 Å². The molecule has 0 heterocycles. The van der Waals surface area contributed by atoms with E-state index in [0.29, 0.717) is 12.1 Å². The second-order valence-corrected chi connectivity index (χ2v) is 5.18. The number of benzene rings is 2. The van der Waals surface area contributed by atoms with E-state index >= 15 is 0 Å². The van der Waals surface area contributed by atoms with E-state index in [1.807, 2.05) is 49.4 Å². The highest BCUT2D eigenvalue weighted by Crippen LogP contribution is 2.21. The van der Waals surface area contributed by atoms with Crippen LogP contribution < -0.4 is 11.1 Å². The van der Waals surface area contributed by atoms with E-state index < -0.39 is 0 Å². The van der Waals surface area contributed by atoms with Gasteiger partial charge in [-0.3, -0.25) is 4.79 Å². The fourth-order valence-electron chi connectivity index (χ4n) is 2.18. The number of hydrogen-bond acceptors (Lipinski definition) is 3. The Hall–Kier alpha value is -2.33. The zero-order valence-electron chi connectivity index (χ0n) is 12.0. The first-order valence-electron chi connectivity index (χ1n) is 6.93. The summed E-state index contributed by atoms with van der Waals surface area (Å²) in [4.78, 5) is 12.1. The van der Waals surface area contributed by atoms with Crippen LogP contribution in [-0.4, -0.2) is 11.0 Å². The third-order valence-corrected chi connectivity index (χ3v) is 3.39. The lowest BCUT2D eigenvalue weighted by Gasteiger charge is -2.12. The molecule has 0 aliphatic carbocycles. The van der Waals surface area contributed by atoms with Crippen molar-refractivity contribution in [2.75, 3.05) is 11.1 Å². The Bertz CT molecular complexity index is 608. The molecule has 0 radical (unpaired) electrons. The molecule has 2 rings (SSSR count). The Labute approximate surface area is 124 Å². The van der Waals surface area contributed by atoms with Crippen LogP contribution in [0.5, 0.6) is 0 Å². The van der Waals surface area contributed by atoms with Crippen molar-refractivity contribution in [1.82, 2.24) is 0 Å². The number of nitrogens with one attached hydrogen (secondary N) is 1. The van der Waals surface area contributed by atoms with E-state index in [4.69, 9.17) is 10.8 Å². The minimum atomic E-state index is -0.0468. The van der Waals surface area contributed by atoms with Crippen molar-refractivity contribution in [3.05, 3.63) is 59.7 Å². The lowest BCUT2D eigenvalue weighted by atomic mass is 9.97. The average Bonchev–Trinajstić information content (AvgIpc) is 2.47. The van der Waals surface area contributed by atoms with Crippen molar-refractivity contribution in [2.24, 2.45) is 0 Å². The summed E-state index contributed by atoms with van der Waals surface area (Å²) in [6.07, 6.45) is 0.396. The molecule has 1 atom stereocenters. The van der Waals surface area contributed by atoms with Crippen LogP contribution in [0.3, 0.4) is 0 Å². The summed E-state index contributed by atoms with van der Waals surface area (Å²) in [6.45, 7) is 1.97. The van der Waals surface area contributed by atoms with E-state index in [9.17, 15) is 4.79 Å². The molecule has 4 N–H and O–H groups in total. The van der Waals surface area contributed by atoms with Crippen LogP contribution in [0.4, 0.5) is 11.4 Å². The minimum absolute atomic E-state index is 0.0362. The molecular formula is C17H20N2O2. The molecule has 110 valence electrons. The van der Waals surface area contributed by atoms with Crippen molar-refractivity contribution in [3.8, 4) is 0 Å². The van der Waals surface area contributed by atoms with Gasteiger partial charge in [-0.2, -0.15) is 0 Å². The summed E-state index contributed by atoms with van der Waals surface area (Å²) >= 11 is 0. The van der Waals surface area contributed by atoms with Gasteiger partial charge in [0.15, 0.2) is 0 Å². The van der Waals surface area contributed by atoms with Gasteiger partial charge in [-0.25, -0.2) is 0 Å². The molecule has 0 aliphatic heterocycles. The summed E-state index contributed by atoms with van der Waals surface area (Å²) in [5.74, 6) is 0.0704. The zero-order chi connectivity index (χ0) is 15.2. The van der Waals surface area contributed by atoms with Gasteiger partial charge in [-0.15, -0.1) is 0 Å². The molecule has 2 aromatic rings. The number of aliphatic hydroxyl groups is 1. The van der Waals surface area contributed by atoms with Crippen molar-refractivity contribution in [1.29, 1.82) is 0 Å². The molecule has 4 nitrogen and oxygen atoms in total. The lowest BCUT2D eigenvalue weighted by molar-refractivity contribution is -0.116. The smallest absolute Gasteiger partial charge is 0.224 e. The first kappa shape index (κ1) is 15.1. The Morgan fingerprint density at radius 2 is 1.95 bits per heavy atom. The largest absolute Gasteiger partial charge is 0.399 e. The number of aliphatic hydroxyl groups excluding tert-OH is 1. The van der Waals surface area contributed by atoms with Crippen LogP contribution in [0.1, 0.15) is 30.4 Å². The summed E-state index contributed by atoms with van der Waals surface area (Å²) in [6, 6.07) is 14.8. The number of nitrogens with two attached hydrogens (primary N) is 1. The fraction of sp³-hybridized carbons (Fsp3) is 0.235. The maximum atomic E-state index is 12.1. The molecule has 0 aliphatic rings. The summed E-state index contributed by atoms with van der Waals surface area (Å²) in [5, 5.41) is 11.9. The number of carbonyl (C=O) groups excluding carboxylic acids is 1. The summed E-state index contributed by atoms with van der Waals surface area (Å²) in [5.41, 5.74) is 8.95. The number of hydrogen-bond donors (Lipinski definition) is 3. The Balaban J connectivity index is 1.96. The van der Waals surface area contributed by atoms with Gasteiger partial charge in [0.1, 0.15) is 0 Å². The normalized spacial score (nSPS) is 11.9. The van der Waals surface area contributed by atoms with Gasteiger partial charge >= 0.3 is 0 Å². The lowest BCUT2D eigenvalue weighted by Crippen LogP contribution is -2.14. The third-order valence-electron chi connectivity index (χ3n) is 3.39. The van der Waals surface area contributed by atoms with Crippen molar-refractivity contribution >= 4 is 17.3 Å². The monoisotopic (exact) mass is 284 g/mol. The maximum absolute atomic E-state index is 12.1. The first-order valence-corrected chi connectivity index (χ1v) is 6.93. The standard InChI is InChI=1S/C17H20N2O2/c1-12(14-5-7-15(18)8-6-14)9-17(21)19-16-4-2-3-13(10-16)11-20/h2-8,10,12,20H,9,11,18H2,1H3,(H,19,21). The number of nitrogen functional groups attached to an aromatic ring is 1. The van der Waals surface area contributed by atoms with E-state index in [-0.39, 0.29) is 18.4 Å². The second kappa shape index (κ2) is 6.90. The fourth-order valence-corrected chi connectivity index (χ4v) is 2.18. The quantitative estimate of drug-likeness (QED) is 0.739. The van der Waals surface area contributed by atoms with E-state index in [0.717, 1.165) is 16.8 Å². The first-order chi connectivity index (χ1) is 10.1.